The van der Waals surface area contributed by atoms with E-state index in [1.807, 2.05) is 37.3 Å². The summed E-state index contributed by atoms with van der Waals surface area (Å²) in [5.41, 5.74) is 3.34. The maximum Gasteiger partial charge on any atom is 0.127 e. The van der Waals surface area contributed by atoms with Gasteiger partial charge < -0.3 is 4.74 Å². The zero-order chi connectivity index (χ0) is 15.5. The van der Waals surface area contributed by atoms with Gasteiger partial charge in [0, 0.05) is 15.5 Å². The smallest absolute Gasteiger partial charge is 0.127 e. The van der Waals surface area contributed by atoms with Crippen LogP contribution in [0.15, 0.2) is 65.2 Å². The van der Waals surface area contributed by atoms with Gasteiger partial charge in [-0.3, -0.25) is 0 Å². The Hall–Kier alpha value is -1.54. The fourth-order valence-corrected chi connectivity index (χ4v) is 2.68. The van der Waals surface area contributed by atoms with Gasteiger partial charge in [0.1, 0.15) is 5.75 Å². The van der Waals surface area contributed by atoms with Crippen LogP contribution < -0.4 is 4.74 Å². The van der Waals surface area contributed by atoms with E-state index >= 15 is 0 Å². The minimum Gasteiger partial charge on any atom is -0.492 e. The molecule has 0 bridgehead atoms. The number of benzene rings is 1. The summed E-state index contributed by atoms with van der Waals surface area (Å²) in [6, 6.07) is 6.14. The lowest BCUT2D eigenvalue weighted by Crippen LogP contribution is -2.17. The Morgan fingerprint density at radius 3 is 2.81 bits per heavy atom. The Balaban J connectivity index is 2.66. The summed E-state index contributed by atoms with van der Waals surface area (Å²) < 4.78 is 7.04. The van der Waals surface area contributed by atoms with Gasteiger partial charge >= 0.3 is 0 Å². The van der Waals surface area contributed by atoms with Gasteiger partial charge in [-0.2, -0.15) is 0 Å². The minimum atomic E-state index is -0.0289. The van der Waals surface area contributed by atoms with Crippen LogP contribution in [0.25, 0.3) is 5.57 Å². The number of hydrogen-bond acceptors (Lipinski definition) is 1. The molecule has 0 saturated carbocycles. The molecule has 110 valence electrons. The molecular formula is C19H21BrO. The highest BCUT2D eigenvalue weighted by molar-refractivity contribution is 9.10. The molecule has 1 aromatic rings. The van der Waals surface area contributed by atoms with Gasteiger partial charge in [0.15, 0.2) is 0 Å². The van der Waals surface area contributed by atoms with E-state index in [2.05, 4.69) is 54.6 Å². The third-order valence-corrected chi connectivity index (χ3v) is 3.86. The first-order valence-corrected chi connectivity index (χ1v) is 7.87. The average Bonchev–Trinajstić information content (AvgIpc) is 2.57. The van der Waals surface area contributed by atoms with Gasteiger partial charge in [-0.15, -0.1) is 0 Å². The van der Waals surface area contributed by atoms with E-state index in [1.165, 1.54) is 5.57 Å². The van der Waals surface area contributed by atoms with Gasteiger partial charge in [0.25, 0.3) is 0 Å². The first kappa shape index (κ1) is 15.8. The Morgan fingerprint density at radius 1 is 1.38 bits per heavy atom. The Bertz CT molecular complexity index is 633. The van der Waals surface area contributed by atoms with E-state index in [9.17, 15) is 0 Å². The molecule has 2 rings (SSSR count). The van der Waals surface area contributed by atoms with Crippen molar-refractivity contribution in [3.8, 4) is 5.75 Å². The third kappa shape index (κ3) is 3.76. The van der Waals surface area contributed by atoms with Crippen molar-refractivity contribution in [2.75, 3.05) is 6.61 Å². The topological polar surface area (TPSA) is 9.23 Å². The van der Waals surface area contributed by atoms with Crippen molar-refractivity contribution >= 4 is 21.5 Å². The molecule has 0 amide bonds. The van der Waals surface area contributed by atoms with Gasteiger partial charge in [-0.1, -0.05) is 66.7 Å². The van der Waals surface area contributed by atoms with Crippen LogP contribution in [0, 0.1) is 5.41 Å². The summed E-state index contributed by atoms with van der Waals surface area (Å²) in [6.45, 7) is 11.0. The van der Waals surface area contributed by atoms with Crippen LogP contribution in [-0.2, 0) is 0 Å². The molecular weight excluding hydrogens is 324 g/mol. The predicted molar refractivity (Wildman–Crippen MR) is 94.5 cm³/mol. The number of fused-ring (bicyclic) bond motifs is 1. The molecule has 0 N–H and O–H groups in total. The van der Waals surface area contributed by atoms with Crippen LogP contribution >= 0.6 is 15.9 Å². The van der Waals surface area contributed by atoms with E-state index in [4.69, 9.17) is 4.74 Å². The molecule has 1 aromatic carbocycles. The maximum absolute atomic E-state index is 6.00. The van der Waals surface area contributed by atoms with E-state index in [0.29, 0.717) is 6.61 Å². The van der Waals surface area contributed by atoms with Crippen molar-refractivity contribution in [2.45, 2.75) is 20.8 Å². The second-order valence-electron chi connectivity index (χ2n) is 5.83. The molecule has 0 radical (unpaired) electrons. The van der Waals surface area contributed by atoms with Crippen molar-refractivity contribution in [3.63, 3.8) is 0 Å². The number of halogens is 1. The third-order valence-electron chi connectivity index (χ3n) is 3.37. The summed E-state index contributed by atoms with van der Waals surface area (Å²) in [5, 5.41) is 0. The van der Waals surface area contributed by atoms with Crippen LogP contribution in [0.1, 0.15) is 26.3 Å². The molecule has 1 nitrogen and oxygen atoms in total. The van der Waals surface area contributed by atoms with Gasteiger partial charge in [-0.05, 0) is 36.3 Å². The summed E-state index contributed by atoms with van der Waals surface area (Å²) in [4.78, 5) is 0. The molecule has 1 heterocycles. The standard InChI is InChI=1S/C19H21BrO/c1-5-7-8-14(6-2)17-12-19(3,4)13-21-18-10-9-15(20)11-16(17)18/h5-12H,2,13H2,1,3-4H3/b7-5-,14-8+. The highest BCUT2D eigenvalue weighted by Crippen LogP contribution is 2.40. The molecule has 1 aliphatic rings. The minimum absolute atomic E-state index is 0.0289. The van der Waals surface area contributed by atoms with E-state index < -0.39 is 0 Å². The highest BCUT2D eigenvalue weighted by atomic mass is 79.9. The van der Waals surface area contributed by atoms with Gasteiger partial charge in [0.05, 0.1) is 6.61 Å². The largest absolute Gasteiger partial charge is 0.492 e. The van der Waals surface area contributed by atoms with E-state index in [1.54, 1.807) is 0 Å². The molecule has 2 heteroatoms. The summed E-state index contributed by atoms with van der Waals surface area (Å²) in [6.07, 6.45) is 10.3. The molecule has 0 aromatic heterocycles. The van der Waals surface area contributed by atoms with Crippen LogP contribution in [0.4, 0.5) is 0 Å². The number of ether oxygens (including phenoxy) is 1. The normalized spacial score (nSPS) is 17.7. The molecule has 21 heavy (non-hydrogen) atoms. The van der Waals surface area contributed by atoms with Crippen molar-refractivity contribution < 1.29 is 4.74 Å². The lowest BCUT2D eigenvalue weighted by molar-refractivity contribution is 0.225. The SMILES string of the molecule is C=C/C(=C\C=C/C)C1=CC(C)(C)COc2ccc(Br)cc21. The number of allylic oxidation sites excluding steroid dienone is 6. The Morgan fingerprint density at radius 2 is 2.14 bits per heavy atom. The zero-order valence-electron chi connectivity index (χ0n) is 12.8. The fraction of sp³-hybridized carbons (Fsp3) is 0.263. The average molecular weight is 345 g/mol. The van der Waals surface area contributed by atoms with Crippen LogP contribution in [0.3, 0.4) is 0 Å². The van der Waals surface area contributed by atoms with E-state index in [0.717, 1.165) is 21.4 Å². The van der Waals surface area contributed by atoms with Crippen LogP contribution in [-0.4, -0.2) is 6.61 Å². The van der Waals surface area contributed by atoms with E-state index in [-0.39, 0.29) is 5.41 Å². The van der Waals surface area contributed by atoms with Gasteiger partial charge in [-0.25, -0.2) is 0 Å². The first-order valence-electron chi connectivity index (χ1n) is 7.08. The lowest BCUT2D eigenvalue weighted by atomic mass is 9.87. The summed E-state index contributed by atoms with van der Waals surface area (Å²) in [7, 11) is 0. The molecule has 0 atom stereocenters. The molecule has 0 aliphatic carbocycles. The lowest BCUT2D eigenvalue weighted by Gasteiger charge is -2.18. The molecule has 0 saturated heterocycles. The highest BCUT2D eigenvalue weighted by Gasteiger charge is 2.24. The monoisotopic (exact) mass is 344 g/mol. The first-order chi connectivity index (χ1) is 9.96. The maximum atomic E-state index is 6.00. The van der Waals surface area contributed by atoms with Crippen molar-refractivity contribution in [1.82, 2.24) is 0 Å². The second-order valence-corrected chi connectivity index (χ2v) is 6.74. The zero-order valence-corrected chi connectivity index (χ0v) is 14.4. The molecule has 0 unspecified atom stereocenters. The fourth-order valence-electron chi connectivity index (χ4n) is 2.32. The van der Waals surface area contributed by atoms with Gasteiger partial charge in [0.2, 0.25) is 0 Å². The quantitative estimate of drug-likeness (QED) is 0.616. The Kier molecular flexibility index (Phi) is 4.89. The van der Waals surface area contributed by atoms with Crippen molar-refractivity contribution in [1.29, 1.82) is 0 Å². The second kappa shape index (κ2) is 6.48. The number of rotatable bonds is 3. The predicted octanol–water partition coefficient (Wildman–Crippen LogP) is 5.94. The number of hydrogen-bond donors (Lipinski definition) is 0. The summed E-state index contributed by atoms with van der Waals surface area (Å²) >= 11 is 3.55. The van der Waals surface area contributed by atoms with Crippen molar-refractivity contribution in [3.05, 3.63) is 70.8 Å². The van der Waals surface area contributed by atoms with Crippen molar-refractivity contribution in [2.24, 2.45) is 5.41 Å². The molecule has 1 aliphatic heterocycles. The molecule has 0 fully saturated rings. The summed E-state index contributed by atoms with van der Waals surface area (Å²) in [5.74, 6) is 0.920. The van der Waals surface area contributed by atoms with Crippen LogP contribution in [0.5, 0.6) is 5.75 Å². The molecule has 0 spiro atoms. The Labute approximate surface area is 135 Å². The van der Waals surface area contributed by atoms with Crippen LogP contribution in [0.2, 0.25) is 0 Å².